The first-order chi connectivity index (χ1) is 14.9. The van der Waals surface area contributed by atoms with Crippen LogP contribution < -0.4 is 4.90 Å². The van der Waals surface area contributed by atoms with Gasteiger partial charge in [0, 0.05) is 24.7 Å². The molecule has 2 heterocycles. The predicted molar refractivity (Wildman–Crippen MR) is 97.9 cm³/mol. The van der Waals surface area contributed by atoms with Gasteiger partial charge in [-0.05, 0) is 37.5 Å². The van der Waals surface area contributed by atoms with Gasteiger partial charge < -0.3 is 14.5 Å². The van der Waals surface area contributed by atoms with Crippen molar-refractivity contribution in [3.8, 4) is 12.1 Å². The average Bonchev–Trinajstić information content (AvgIpc) is 3.18. The highest BCUT2D eigenvalue weighted by Crippen LogP contribution is 2.40. The number of nitrogens with zero attached hydrogens (tertiary/aromatic N) is 4. The third kappa shape index (κ3) is 4.60. The van der Waals surface area contributed by atoms with E-state index >= 15 is 0 Å². The van der Waals surface area contributed by atoms with Gasteiger partial charge in [0.2, 0.25) is 6.23 Å². The summed E-state index contributed by atoms with van der Waals surface area (Å²) in [6, 6.07) is 5.03. The SMILES string of the molecule is Cc1cc(N2C[C@@H](C(=O)N3CCC(C#N)CC3)O[C@@H]2C(F)(F)F)cc(C(F)(F)F)c1C#N. The fourth-order valence-electron chi connectivity index (χ4n) is 3.92. The molecule has 0 spiro atoms. The van der Waals surface area contributed by atoms with Gasteiger partial charge in [-0.25, -0.2) is 0 Å². The van der Waals surface area contributed by atoms with Crippen molar-refractivity contribution in [1.82, 2.24) is 4.90 Å². The van der Waals surface area contributed by atoms with Gasteiger partial charge in [-0.15, -0.1) is 0 Å². The minimum Gasteiger partial charge on any atom is -0.340 e. The van der Waals surface area contributed by atoms with Gasteiger partial charge in [-0.3, -0.25) is 4.79 Å². The summed E-state index contributed by atoms with van der Waals surface area (Å²) in [6.45, 7) is 0.951. The van der Waals surface area contributed by atoms with Crippen LogP contribution in [0.15, 0.2) is 12.1 Å². The summed E-state index contributed by atoms with van der Waals surface area (Å²) in [5.74, 6) is -0.954. The lowest BCUT2D eigenvalue weighted by atomic mass is 9.98. The van der Waals surface area contributed by atoms with E-state index in [0.717, 1.165) is 6.07 Å². The molecule has 2 saturated heterocycles. The first-order valence-electron chi connectivity index (χ1n) is 9.66. The second-order valence-electron chi connectivity index (χ2n) is 7.69. The molecule has 1 amide bonds. The zero-order chi connectivity index (χ0) is 23.8. The number of likely N-dealkylation sites (tertiary alicyclic amines) is 1. The third-order valence-corrected chi connectivity index (χ3v) is 5.55. The summed E-state index contributed by atoms with van der Waals surface area (Å²) in [5.41, 5.74) is -2.64. The minimum absolute atomic E-state index is 0.147. The van der Waals surface area contributed by atoms with Gasteiger partial charge >= 0.3 is 12.4 Å². The largest absolute Gasteiger partial charge is 0.433 e. The summed E-state index contributed by atoms with van der Waals surface area (Å²) in [6.07, 6.45) is -13.3. The lowest BCUT2D eigenvalue weighted by Crippen LogP contribution is -2.45. The van der Waals surface area contributed by atoms with E-state index < -0.39 is 54.0 Å². The van der Waals surface area contributed by atoms with Crippen LogP contribution in [0.2, 0.25) is 0 Å². The van der Waals surface area contributed by atoms with Gasteiger partial charge in [-0.1, -0.05) is 0 Å². The lowest BCUT2D eigenvalue weighted by Gasteiger charge is -2.30. The van der Waals surface area contributed by atoms with E-state index in [1.165, 1.54) is 17.9 Å². The number of piperidine rings is 1. The molecule has 172 valence electrons. The maximum Gasteiger partial charge on any atom is 0.433 e. The number of anilines is 1. The summed E-state index contributed by atoms with van der Waals surface area (Å²) in [5, 5.41) is 18.0. The van der Waals surface area contributed by atoms with E-state index in [4.69, 9.17) is 15.3 Å². The van der Waals surface area contributed by atoms with Gasteiger partial charge in [0.05, 0.1) is 23.7 Å². The van der Waals surface area contributed by atoms with Crippen molar-refractivity contribution in [2.24, 2.45) is 5.92 Å². The first-order valence-corrected chi connectivity index (χ1v) is 9.66. The van der Waals surface area contributed by atoms with Crippen molar-refractivity contribution in [2.45, 2.75) is 44.4 Å². The van der Waals surface area contributed by atoms with Crippen LogP contribution in [0.1, 0.15) is 29.5 Å². The van der Waals surface area contributed by atoms with E-state index in [1.54, 1.807) is 0 Å². The van der Waals surface area contributed by atoms with Crippen LogP contribution in [0.4, 0.5) is 32.0 Å². The monoisotopic (exact) mass is 460 g/mol. The Hall–Kier alpha value is -2.99. The van der Waals surface area contributed by atoms with E-state index in [-0.39, 0.29) is 24.6 Å². The molecule has 0 aliphatic carbocycles. The van der Waals surface area contributed by atoms with Crippen molar-refractivity contribution in [3.05, 3.63) is 28.8 Å². The molecule has 0 saturated carbocycles. The fourth-order valence-corrected chi connectivity index (χ4v) is 3.92. The smallest absolute Gasteiger partial charge is 0.340 e. The summed E-state index contributed by atoms with van der Waals surface area (Å²) < 4.78 is 86.2. The normalized spacial score (nSPS) is 22.5. The maximum atomic E-state index is 13.7. The number of halogens is 6. The Bertz CT molecular complexity index is 971. The zero-order valence-electron chi connectivity index (χ0n) is 16.8. The van der Waals surface area contributed by atoms with Crippen LogP contribution in [-0.4, -0.2) is 48.9 Å². The maximum absolute atomic E-state index is 13.7. The van der Waals surface area contributed by atoms with Crippen molar-refractivity contribution in [2.75, 3.05) is 24.5 Å². The average molecular weight is 460 g/mol. The molecule has 2 aliphatic heterocycles. The van der Waals surface area contributed by atoms with E-state index in [1.807, 2.05) is 0 Å². The Morgan fingerprint density at radius 1 is 1.12 bits per heavy atom. The number of alkyl halides is 6. The van der Waals surface area contributed by atoms with Crippen LogP contribution in [0.3, 0.4) is 0 Å². The zero-order valence-corrected chi connectivity index (χ0v) is 16.8. The highest BCUT2D eigenvalue weighted by atomic mass is 19.4. The number of hydrogen-bond acceptors (Lipinski definition) is 5. The van der Waals surface area contributed by atoms with Crippen molar-refractivity contribution >= 4 is 11.6 Å². The number of amides is 1. The second-order valence-corrected chi connectivity index (χ2v) is 7.69. The van der Waals surface area contributed by atoms with Crippen LogP contribution in [0, 0.1) is 35.5 Å². The molecule has 0 bridgehead atoms. The van der Waals surface area contributed by atoms with E-state index in [0.29, 0.717) is 23.8 Å². The molecule has 0 N–H and O–H groups in total. The molecule has 0 aromatic heterocycles. The molecule has 32 heavy (non-hydrogen) atoms. The first kappa shape index (κ1) is 23.7. The number of hydrogen-bond donors (Lipinski definition) is 0. The Kier molecular flexibility index (Phi) is 6.29. The fraction of sp³-hybridized carbons (Fsp3) is 0.550. The summed E-state index contributed by atoms with van der Waals surface area (Å²) in [4.78, 5) is 14.6. The number of nitriles is 2. The Morgan fingerprint density at radius 3 is 2.25 bits per heavy atom. The highest BCUT2D eigenvalue weighted by Gasteiger charge is 2.53. The Morgan fingerprint density at radius 2 is 1.75 bits per heavy atom. The van der Waals surface area contributed by atoms with E-state index in [2.05, 4.69) is 6.07 Å². The van der Waals surface area contributed by atoms with Crippen LogP contribution in [-0.2, 0) is 15.7 Å². The number of carbonyl (C=O) groups excluding carboxylic acids is 1. The number of rotatable bonds is 2. The van der Waals surface area contributed by atoms with Gasteiger partial charge in [0.1, 0.15) is 6.07 Å². The van der Waals surface area contributed by atoms with Crippen molar-refractivity contribution in [1.29, 1.82) is 10.5 Å². The second kappa shape index (κ2) is 8.51. The molecule has 0 radical (unpaired) electrons. The van der Waals surface area contributed by atoms with Crippen LogP contribution in [0.25, 0.3) is 0 Å². The van der Waals surface area contributed by atoms with Gasteiger partial charge in [-0.2, -0.15) is 36.9 Å². The molecule has 2 aliphatic rings. The number of ether oxygens (including phenoxy) is 1. The molecule has 3 rings (SSSR count). The third-order valence-electron chi connectivity index (χ3n) is 5.55. The van der Waals surface area contributed by atoms with Gasteiger partial charge in [0.15, 0.2) is 6.10 Å². The number of aryl methyl sites for hydroxylation is 1. The molecule has 2 atom stereocenters. The predicted octanol–water partition coefficient (Wildman–Crippen LogP) is 3.74. The van der Waals surface area contributed by atoms with Gasteiger partial charge in [0.25, 0.3) is 5.91 Å². The molecule has 0 unspecified atom stereocenters. The minimum atomic E-state index is -4.98. The summed E-state index contributed by atoms with van der Waals surface area (Å²) >= 11 is 0. The Labute approximate surface area is 179 Å². The quantitative estimate of drug-likeness (QED) is 0.629. The molecule has 6 nitrogen and oxygen atoms in total. The van der Waals surface area contributed by atoms with Crippen molar-refractivity contribution < 1.29 is 35.9 Å². The number of carbonyl (C=O) groups is 1. The Balaban J connectivity index is 1.92. The molecule has 1 aromatic rings. The van der Waals surface area contributed by atoms with E-state index in [9.17, 15) is 31.1 Å². The topological polar surface area (TPSA) is 80.4 Å². The standard InChI is InChI=1S/C20H18F6N4O2/c1-11-6-13(7-15(14(11)9-28)19(21,22)23)30-10-16(32-18(30)20(24,25)26)17(31)29-4-2-12(8-27)3-5-29/h6-7,12,16,18H,2-5,10H2,1H3/t16-,18+/m0/s1. The molecular formula is C20H18F6N4O2. The number of benzene rings is 1. The highest BCUT2D eigenvalue weighted by molar-refractivity contribution is 5.82. The lowest BCUT2D eigenvalue weighted by molar-refractivity contribution is -0.215. The molecule has 12 heteroatoms. The molecule has 1 aromatic carbocycles. The van der Waals surface area contributed by atoms with Crippen LogP contribution in [0.5, 0.6) is 0 Å². The molecule has 2 fully saturated rings. The summed E-state index contributed by atoms with van der Waals surface area (Å²) in [7, 11) is 0. The van der Waals surface area contributed by atoms with Crippen molar-refractivity contribution in [3.63, 3.8) is 0 Å². The van der Waals surface area contributed by atoms with Crippen LogP contribution >= 0.6 is 0 Å². The molecular weight excluding hydrogens is 442 g/mol.